The Bertz CT molecular complexity index is 845. The minimum absolute atomic E-state index is 0.583. The summed E-state index contributed by atoms with van der Waals surface area (Å²) in [6.07, 6.45) is 38.3. The molecule has 0 radical (unpaired) electrons. The lowest BCUT2D eigenvalue weighted by Crippen LogP contribution is -1.93. The van der Waals surface area contributed by atoms with E-state index in [1.807, 2.05) is 0 Å². The fourth-order valence-corrected chi connectivity index (χ4v) is 6.85. The van der Waals surface area contributed by atoms with Gasteiger partial charge in [0.15, 0.2) is 0 Å². The summed E-state index contributed by atoms with van der Waals surface area (Å²) in [4.78, 5) is 0. The van der Waals surface area contributed by atoms with Crippen molar-refractivity contribution in [2.24, 2.45) is 0 Å². The number of unbranched alkanes of at least 4 members (excludes halogenated alkanes) is 23. The second-order valence-corrected chi connectivity index (χ2v) is 14.0. The maximum atomic E-state index is 2.57. The Morgan fingerprint density at radius 2 is 0.857 bits per heavy atom. The molecule has 0 heteroatoms. The van der Waals surface area contributed by atoms with Crippen LogP contribution < -0.4 is 0 Å². The van der Waals surface area contributed by atoms with E-state index in [-0.39, 0.29) is 0 Å². The fourth-order valence-electron chi connectivity index (χ4n) is 6.85. The Kier molecular flexibility index (Phi) is 22.0. The second kappa shape index (κ2) is 25.1. The van der Waals surface area contributed by atoms with Crippen molar-refractivity contribution in [2.45, 2.75) is 207 Å². The zero-order valence-corrected chi connectivity index (χ0v) is 29.1. The molecule has 0 amide bonds. The van der Waals surface area contributed by atoms with Gasteiger partial charge >= 0.3 is 0 Å². The van der Waals surface area contributed by atoms with E-state index < -0.39 is 0 Å². The first kappa shape index (κ1) is 36.9. The van der Waals surface area contributed by atoms with Gasteiger partial charge in [-0.05, 0) is 59.4 Å². The lowest BCUT2D eigenvalue weighted by atomic mass is 9.97. The molecule has 0 saturated heterocycles. The van der Waals surface area contributed by atoms with E-state index in [0.29, 0.717) is 5.92 Å². The number of hydrogen-bond acceptors (Lipinski definition) is 0. The molecule has 0 nitrogen and oxygen atoms in total. The summed E-state index contributed by atoms with van der Waals surface area (Å²) in [5.74, 6) is 0.583. The van der Waals surface area contributed by atoms with Crippen molar-refractivity contribution in [3.63, 3.8) is 0 Å². The topological polar surface area (TPSA) is 0 Å². The molecule has 0 heterocycles. The summed E-state index contributed by atoms with van der Waals surface area (Å²) in [7, 11) is 0. The molecule has 0 aliphatic heterocycles. The quantitative estimate of drug-likeness (QED) is 0.0884. The summed E-state index contributed by atoms with van der Waals surface area (Å²) in [6, 6.07) is 12.1. The normalized spacial score (nSPS) is 11.7. The van der Waals surface area contributed by atoms with E-state index in [2.05, 4.69) is 58.0 Å². The molecule has 0 N–H and O–H groups in total. The van der Waals surface area contributed by atoms with Crippen LogP contribution in [-0.2, 0) is 12.8 Å². The summed E-state index contributed by atoms with van der Waals surface area (Å²) in [5, 5.41) is 0. The summed E-state index contributed by atoms with van der Waals surface area (Å²) < 4.78 is 0. The van der Waals surface area contributed by atoms with Gasteiger partial charge in [-0.25, -0.2) is 0 Å². The molecule has 0 unspecified atom stereocenters. The molecule has 0 aromatic carbocycles. The smallest absolute Gasteiger partial charge is 0.0149 e. The van der Waals surface area contributed by atoms with Gasteiger partial charge in [-0.3, -0.25) is 0 Å². The van der Waals surface area contributed by atoms with Crippen LogP contribution in [0, 0.1) is 0 Å². The minimum atomic E-state index is 0.583. The molecule has 42 heavy (non-hydrogen) atoms. The largest absolute Gasteiger partial charge is 0.0654 e. The van der Waals surface area contributed by atoms with Gasteiger partial charge in [0.2, 0.25) is 0 Å². The zero-order valence-electron chi connectivity index (χ0n) is 29.1. The van der Waals surface area contributed by atoms with E-state index in [4.69, 9.17) is 0 Å². The van der Waals surface area contributed by atoms with Crippen LogP contribution in [0.1, 0.15) is 211 Å². The molecule has 0 spiro atoms. The predicted molar refractivity (Wildman–Crippen MR) is 191 cm³/mol. The standard InChI is InChI=1S/C42H72/c1-5-7-9-11-13-15-17-19-20-22-24-26-28-31-39-36-40-35-38(37(3)4)32-30-34-42(40)41(39)33-29-27-25-23-21-18-16-14-12-10-8-6-2/h30,32,34-37H,5-29,31,33H2,1-4H3. The first-order chi connectivity index (χ1) is 20.7. The van der Waals surface area contributed by atoms with Gasteiger partial charge in [0, 0.05) is 0 Å². The highest BCUT2D eigenvalue weighted by atomic mass is 14.2. The number of fused-ring (bicyclic) bond motifs is 1. The van der Waals surface area contributed by atoms with Crippen LogP contribution in [0.15, 0.2) is 30.3 Å². The fraction of sp³-hybridized carbons (Fsp3) is 0.762. The summed E-state index contributed by atoms with van der Waals surface area (Å²) in [5.41, 5.74) is 7.84. The van der Waals surface area contributed by atoms with Gasteiger partial charge in [0.25, 0.3) is 0 Å². The Hall–Kier alpha value is -1.30. The minimum Gasteiger partial charge on any atom is -0.0654 e. The average Bonchev–Trinajstić information content (AvgIpc) is 3.15. The van der Waals surface area contributed by atoms with Gasteiger partial charge in [-0.15, -0.1) is 0 Å². The van der Waals surface area contributed by atoms with Gasteiger partial charge in [0.1, 0.15) is 0 Å². The molecule has 0 aromatic heterocycles. The monoisotopic (exact) mass is 577 g/mol. The van der Waals surface area contributed by atoms with Crippen molar-refractivity contribution < 1.29 is 0 Å². The Balaban J connectivity index is 1.71. The second-order valence-electron chi connectivity index (χ2n) is 14.0. The van der Waals surface area contributed by atoms with Crippen LogP contribution in [0.25, 0.3) is 11.1 Å². The lowest BCUT2D eigenvalue weighted by molar-refractivity contribution is 0.539. The highest BCUT2D eigenvalue weighted by Crippen LogP contribution is 2.35. The van der Waals surface area contributed by atoms with Crippen LogP contribution in [-0.4, -0.2) is 0 Å². The maximum absolute atomic E-state index is 2.57. The van der Waals surface area contributed by atoms with Crippen LogP contribution >= 0.6 is 0 Å². The van der Waals surface area contributed by atoms with Crippen LogP contribution in [0.5, 0.6) is 0 Å². The SMILES string of the molecule is CCCCCCCCCCCCCCCc1cc2cc(C(C)C)cccc-2c1CCCCCCCCCCCCCC. The highest BCUT2D eigenvalue weighted by molar-refractivity contribution is 5.74. The van der Waals surface area contributed by atoms with Gasteiger partial charge in [0.05, 0.1) is 0 Å². The Labute approximate surface area is 264 Å². The summed E-state index contributed by atoms with van der Waals surface area (Å²) >= 11 is 0. The Morgan fingerprint density at radius 1 is 0.452 bits per heavy atom. The molecule has 0 atom stereocenters. The third kappa shape index (κ3) is 16.5. The Morgan fingerprint density at radius 3 is 1.29 bits per heavy atom. The maximum Gasteiger partial charge on any atom is -0.0149 e. The van der Waals surface area contributed by atoms with E-state index in [0.717, 1.165) is 0 Å². The third-order valence-corrected chi connectivity index (χ3v) is 9.72. The zero-order chi connectivity index (χ0) is 30.1. The van der Waals surface area contributed by atoms with Crippen molar-refractivity contribution in [2.75, 3.05) is 0 Å². The van der Waals surface area contributed by atoms with Crippen molar-refractivity contribution in [1.82, 2.24) is 0 Å². The number of hydrogen-bond donors (Lipinski definition) is 0. The van der Waals surface area contributed by atoms with Gasteiger partial charge in [-0.1, -0.05) is 206 Å². The molecule has 0 fully saturated rings. The molecule has 2 aliphatic carbocycles. The molecule has 2 rings (SSSR count). The molecule has 0 bridgehead atoms. The molecule has 0 aromatic rings. The van der Waals surface area contributed by atoms with Crippen molar-refractivity contribution >= 4 is 0 Å². The van der Waals surface area contributed by atoms with E-state index in [1.54, 1.807) is 11.1 Å². The highest BCUT2D eigenvalue weighted by Gasteiger charge is 2.16. The van der Waals surface area contributed by atoms with E-state index >= 15 is 0 Å². The van der Waals surface area contributed by atoms with Crippen molar-refractivity contribution in [3.8, 4) is 11.1 Å². The first-order valence-electron chi connectivity index (χ1n) is 19.2. The molecule has 2 aliphatic rings. The molecular weight excluding hydrogens is 504 g/mol. The van der Waals surface area contributed by atoms with Crippen molar-refractivity contribution in [3.05, 3.63) is 47.0 Å². The average molecular weight is 577 g/mol. The van der Waals surface area contributed by atoms with Crippen LogP contribution in [0.3, 0.4) is 0 Å². The van der Waals surface area contributed by atoms with Crippen LogP contribution in [0.2, 0.25) is 0 Å². The summed E-state index contributed by atoms with van der Waals surface area (Å²) in [6.45, 7) is 9.27. The molecule has 0 saturated carbocycles. The molecule has 240 valence electrons. The van der Waals surface area contributed by atoms with Crippen molar-refractivity contribution in [1.29, 1.82) is 0 Å². The third-order valence-electron chi connectivity index (χ3n) is 9.72. The van der Waals surface area contributed by atoms with Gasteiger partial charge in [-0.2, -0.15) is 0 Å². The lowest BCUT2D eigenvalue weighted by Gasteiger charge is -2.08. The van der Waals surface area contributed by atoms with Crippen LogP contribution in [0.4, 0.5) is 0 Å². The van der Waals surface area contributed by atoms with E-state index in [1.165, 1.54) is 190 Å². The molecular formula is C42H72. The predicted octanol–water partition coefficient (Wildman–Crippen LogP) is 14.8. The van der Waals surface area contributed by atoms with Gasteiger partial charge < -0.3 is 0 Å². The first-order valence-corrected chi connectivity index (χ1v) is 19.2. The number of rotatable bonds is 28. The van der Waals surface area contributed by atoms with E-state index in [9.17, 15) is 0 Å². The number of aryl methyl sites for hydroxylation is 1.